The number of ketones is 1. The first-order valence-corrected chi connectivity index (χ1v) is 3.17. The van der Waals surface area contributed by atoms with Crippen molar-refractivity contribution in [3.63, 3.8) is 0 Å². The summed E-state index contributed by atoms with van der Waals surface area (Å²) in [5, 5.41) is 2.66. The third-order valence-corrected chi connectivity index (χ3v) is 1.32. The number of halogens is 3. The van der Waals surface area contributed by atoms with Gasteiger partial charge in [-0.25, -0.2) is 0 Å². The van der Waals surface area contributed by atoms with Crippen LogP contribution in [0.4, 0.5) is 18.9 Å². The molecule has 0 unspecified atom stereocenters. The lowest BCUT2D eigenvalue weighted by atomic mass is 10.2. The standard InChI is InChI=1S/C6H5F3N2O2/c1-2(12)4-3(10)5(11-13-4)6(7,8)9/h10H2,1H3. The van der Waals surface area contributed by atoms with E-state index in [2.05, 4.69) is 9.68 Å². The number of aromatic nitrogens is 1. The van der Waals surface area contributed by atoms with Crippen molar-refractivity contribution in [1.82, 2.24) is 5.16 Å². The van der Waals surface area contributed by atoms with E-state index >= 15 is 0 Å². The van der Waals surface area contributed by atoms with Gasteiger partial charge in [0.25, 0.3) is 0 Å². The molecule has 13 heavy (non-hydrogen) atoms. The van der Waals surface area contributed by atoms with Crippen LogP contribution in [0.15, 0.2) is 4.52 Å². The van der Waals surface area contributed by atoms with Gasteiger partial charge in [-0.1, -0.05) is 5.16 Å². The monoisotopic (exact) mass is 194 g/mol. The van der Waals surface area contributed by atoms with E-state index in [1.165, 1.54) is 0 Å². The molecule has 0 aliphatic carbocycles. The molecule has 0 amide bonds. The molecule has 1 heterocycles. The van der Waals surface area contributed by atoms with Crippen LogP contribution in [-0.2, 0) is 6.18 Å². The number of carbonyl (C=O) groups is 1. The minimum absolute atomic E-state index is 0.563. The Bertz CT molecular complexity index is 342. The van der Waals surface area contributed by atoms with Crippen molar-refractivity contribution in [1.29, 1.82) is 0 Å². The molecule has 1 aromatic rings. The number of carbonyl (C=O) groups excluding carboxylic acids is 1. The summed E-state index contributed by atoms with van der Waals surface area (Å²) in [5.41, 5.74) is 2.87. The highest BCUT2D eigenvalue weighted by Crippen LogP contribution is 2.34. The van der Waals surface area contributed by atoms with Crippen molar-refractivity contribution in [2.75, 3.05) is 5.73 Å². The van der Waals surface area contributed by atoms with E-state index in [1.807, 2.05) is 0 Å². The first kappa shape index (κ1) is 9.56. The van der Waals surface area contributed by atoms with Crippen LogP contribution in [0.3, 0.4) is 0 Å². The maximum Gasteiger partial charge on any atom is 0.438 e. The topological polar surface area (TPSA) is 69.1 Å². The largest absolute Gasteiger partial charge is 0.438 e. The number of hydrogen-bond donors (Lipinski definition) is 1. The highest BCUT2D eigenvalue weighted by Gasteiger charge is 2.39. The van der Waals surface area contributed by atoms with Gasteiger partial charge in [0.15, 0.2) is 5.78 Å². The summed E-state index contributed by atoms with van der Waals surface area (Å²) in [7, 11) is 0. The number of alkyl halides is 3. The summed E-state index contributed by atoms with van der Waals surface area (Å²) in [5.74, 6) is -1.26. The molecule has 0 atom stereocenters. The highest BCUT2D eigenvalue weighted by atomic mass is 19.4. The van der Waals surface area contributed by atoms with E-state index < -0.39 is 29.1 Å². The zero-order chi connectivity index (χ0) is 10.2. The summed E-state index contributed by atoms with van der Waals surface area (Å²) in [6.07, 6.45) is -4.69. The fraction of sp³-hybridized carbons (Fsp3) is 0.333. The average Bonchev–Trinajstić information content (AvgIpc) is 2.28. The van der Waals surface area contributed by atoms with Gasteiger partial charge >= 0.3 is 6.18 Å². The van der Waals surface area contributed by atoms with E-state index in [0.29, 0.717) is 0 Å². The number of Topliss-reactive ketones (excluding diaryl/α,β-unsaturated/α-hetero) is 1. The van der Waals surface area contributed by atoms with Gasteiger partial charge in [0.2, 0.25) is 11.5 Å². The van der Waals surface area contributed by atoms with Crippen molar-refractivity contribution in [2.45, 2.75) is 13.1 Å². The van der Waals surface area contributed by atoms with Crippen LogP contribution in [0.2, 0.25) is 0 Å². The SMILES string of the molecule is CC(=O)c1onc(C(F)(F)F)c1N. The lowest BCUT2D eigenvalue weighted by Gasteiger charge is -2.00. The Balaban J connectivity index is 3.22. The predicted octanol–water partition coefficient (Wildman–Crippen LogP) is 1.48. The summed E-state index contributed by atoms with van der Waals surface area (Å²) in [6, 6.07) is 0. The molecule has 0 aromatic carbocycles. The second kappa shape index (κ2) is 2.75. The molecule has 1 aromatic heterocycles. The molecule has 0 radical (unpaired) electrons. The Morgan fingerprint density at radius 3 is 2.31 bits per heavy atom. The number of hydrogen-bond acceptors (Lipinski definition) is 4. The van der Waals surface area contributed by atoms with E-state index in [9.17, 15) is 18.0 Å². The molecule has 7 heteroatoms. The summed E-state index contributed by atoms with van der Waals surface area (Å²) in [4.78, 5) is 10.6. The Labute approximate surface area is 70.5 Å². The minimum atomic E-state index is -4.69. The normalized spacial score (nSPS) is 11.7. The molecule has 0 fully saturated rings. The third-order valence-electron chi connectivity index (χ3n) is 1.32. The Hall–Kier alpha value is -1.53. The molecule has 0 spiro atoms. The van der Waals surface area contributed by atoms with Crippen molar-refractivity contribution >= 4 is 11.5 Å². The van der Waals surface area contributed by atoms with Crippen LogP contribution in [0, 0.1) is 0 Å². The zero-order valence-electron chi connectivity index (χ0n) is 6.47. The van der Waals surface area contributed by atoms with E-state index in [-0.39, 0.29) is 0 Å². The summed E-state index contributed by atoms with van der Waals surface area (Å²) in [6.45, 7) is 1.04. The van der Waals surface area contributed by atoms with Gasteiger partial charge in [-0.2, -0.15) is 13.2 Å². The zero-order valence-corrected chi connectivity index (χ0v) is 6.47. The van der Waals surface area contributed by atoms with Gasteiger partial charge < -0.3 is 10.3 Å². The molecule has 72 valence electrons. The van der Waals surface area contributed by atoms with Crippen LogP contribution in [0.5, 0.6) is 0 Å². The number of anilines is 1. The van der Waals surface area contributed by atoms with Gasteiger partial charge in [0.1, 0.15) is 5.69 Å². The van der Waals surface area contributed by atoms with Gasteiger partial charge in [-0.05, 0) is 0 Å². The first-order valence-electron chi connectivity index (χ1n) is 3.17. The van der Waals surface area contributed by atoms with Gasteiger partial charge in [0, 0.05) is 6.92 Å². The van der Waals surface area contributed by atoms with Crippen LogP contribution in [0.1, 0.15) is 23.2 Å². The molecule has 0 bridgehead atoms. The molecular formula is C6H5F3N2O2. The van der Waals surface area contributed by atoms with E-state index in [4.69, 9.17) is 5.73 Å². The Morgan fingerprint density at radius 1 is 1.54 bits per heavy atom. The maximum absolute atomic E-state index is 12.0. The molecule has 0 saturated heterocycles. The summed E-state index contributed by atoms with van der Waals surface area (Å²) >= 11 is 0. The van der Waals surface area contributed by atoms with E-state index in [1.54, 1.807) is 0 Å². The van der Waals surface area contributed by atoms with Crippen LogP contribution in [-0.4, -0.2) is 10.9 Å². The quantitative estimate of drug-likeness (QED) is 0.687. The molecule has 2 N–H and O–H groups in total. The van der Waals surface area contributed by atoms with Crippen LogP contribution >= 0.6 is 0 Å². The number of rotatable bonds is 1. The second-order valence-electron chi connectivity index (χ2n) is 2.33. The third kappa shape index (κ3) is 1.63. The van der Waals surface area contributed by atoms with Gasteiger partial charge in [0.05, 0.1) is 0 Å². The second-order valence-corrected chi connectivity index (χ2v) is 2.33. The summed E-state index contributed by atoms with van der Waals surface area (Å²) < 4.78 is 40.2. The molecule has 0 aliphatic heterocycles. The minimum Gasteiger partial charge on any atom is -0.394 e. The number of nitrogens with two attached hydrogens (primary N) is 1. The fourth-order valence-corrected chi connectivity index (χ4v) is 0.756. The Kier molecular flexibility index (Phi) is 2.02. The lowest BCUT2D eigenvalue weighted by molar-refractivity contribution is -0.142. The number of nitrogens with zero attached hydrogens (tertiary/aromatic N) is 1. The lowest BCUT2D eigenvalue weighted by Crippen LogP contribution is -2.09. The first-order chi connectivity index (χ1) is 5.84. The molecule has 0 saturated carbocycles. The van der Waals surface area contributed by atoms with Crippen LogP contribution in [0.25, 0.3) is 0 Å². The van der Waals surface area contributed by atoms with Crippen molar-refractivity contribution in [3.05, 3.63) is 11.5 Å². The predicted molar refractivity (Wildman–Crippen MR) is 35.9 cm³/mol. The van der Waals surface area contributed by atoms with Gasteiger partial charge in [-0.3, -0.25) is 4.79 Å². The Morgan fingerprint density at radius 2 is 2.08 bits per heavy atom. The van der Waals surface area contributed by atoms with Gasteiger partial charge in [-0.15, -0.1) is 0 Å². The molecular weight excluding hydrogens is 189 g/mol. The molecule has 0 aliphatic rings. The highest BCUT2D eigenvalue weighted by molar-refractivity contribution is 5.96. The van der Waals surface area contributed by atoms with E-state index in [0.717, 1.165) is 6.92 Å². The van der Waals surface area contributed by atoms with Crippen LogP contribution < -0.4 is 5.73 Å². The average molecular weight is 194 g/mol. The van der Waals surface area contributed by atoms with Crippen molar-refractivity contribution < 1.29 is 22.5 Å². The number of nitrogen functional groups attached to an aromatic ring is 1. The fourth-order valence-electron chi connectivity index (χ4n) is 0.756. The smallest absolute Gasteiger partial charge is 0.394 e. The molecule has 1 rings (SSSR count). The van der Waals surface area contributed by atoms with Crippen molar-refractivity contribution in [2.24, 2.45) is 0 Å². The maximum atomic E-state index is 12.0. The van der Waals surface area contributed by atoms with Crippen molar-refractivity contribution in [3.8, 4) is 0 Å². The molecule has 4 nitrogen and oxygen atoms in total.